The number of benzene rings is 2. The largest absolute Gasteiger partial charge is 0.326 e. The van der Waals surface area contributed by atoms with E-state index in [0.29, 0.717) is 5.69 Å². The third kappa shape index (κ3) is 5.52. The van der Waals surface area contributed by atoms with Crippen LogP contribution in [0.4, 0.5) is 10.1 Å². The van der Waals surface area contributed by atoms with E-state index in [0.717, 1.165) is 0 Å². The van der Waals surface area contributed by atoms with E-state index in [-0.39, 0.29) is 21.9 Å². The first-order chi connectivity index (χ1) is 12.0. The Labute approximate surface area is 157 Å². The molecule has 0 aliphatic carbocycles. The van der Waals surface area contributed by atoms with Gasteiger partial charge in [0, 0.05) is 21.8 Å². The molecule has 0 aliphatic heterocycles. The Morgan fingerprint density at radius 1 is 1.15 bits per heavy atom. The SMILES string of the molecule is CC(C)(C)NS(=O)(=O)c1cccc(NC(=O)Cc2c(F)cccc2Cl)c1. The van der Waals surface area contributed by atoms with Gasteiger partial charge in [-0.05, 0) is 51.1 Å². The lowest BCUT2D eigenvalue weighted by Crippen LogP contribution is -2.40. The number of rotatable bonds is 5. The lowest BCUT2D eigenvalue weighted by atomic mass is 10.1. The second-order valence-electron chi connectivity index (χ2n) is 6.81. The first-order valence-electron chi connectivity index (χ1n) is 7.85. The van der Waals surface area contributed by atoms with Gasteiger partial charge in [-0.2, -0.15) is 0 Å². The summed E-state index contributed by atoms with van der Waals surface area (Å²) in [4.78, 5) is 12.2. The Morgan fingerprint density at radius 2 is 1.81 bits per heavy atom. The molecule has 0 heterocycles. The van der Waals surface area contributed by atoms with Crippen LogP contribution in [0.3, 0.4) is 0 Å². The summed E-state index contributed by atoms with van der Waals surface area (Å²) >= 11 is 5.92. The number of carbonyl (C=O) groups excluding carboxylic acids is 1. The average molecular weight is 399 g/mol. The first-order valence-corrected chi connectivity index (χ1v) is 9.71. The number of carbonyl (C=O) groups is 1. The van der Waals surface area contributed by atoms with Gasteiger partial charge in [-0.15, -0.1) is 0 Å². The Hall–Kier alpha value is -1.96. The Morgan fingerprint density at radius 3 is 2.42 bits per heavy atom. The van der Waals surface area contributed by atoms with Gasteiger partial charge in [-0.25, -0.2) is 17.5 Å². The van der Waals surface area contributed by atoms with Crippen molar-refractivity contribution in [3.8, 4) is 0 Å². The van der Waals surface area contributed by atoms with E-state index in [4.69, 9.17) is 11.6 Å². The molecule has 0 saturated heterocycles. The molecule has 2 rings (SSSR count). The van der Waals surface area contributed by atoms with Crippen LogP contribution < -0.4 is 10.0 Å². The standard InChI is InChI=1S/C18H20ClFN2O3S/c1-18(2,3)22-26(24,25)13-7-4-6-12(10-13)21-17(23)11-14-15(19)8-5-9-16(14)20/h4-10,22H,11H2,1-3H3,(H,21,23). The van der Waals surface area contributed by atoms with E-state index in [1.165, 1.54) is 36.4 Å². The molecule has 0 spiro atoms. The monoisotopic (exact) mass is 398 g/mol. The summed E-state index contributed by atoms with van der Waals surface area (Å²) in [5.41, 5.74) is -0.260. The van der Waals surface area contributed by atoms with Crippen LogP contribution in [-0.4, -0.2) is 19.9 Å². The normalized spacial score (nSPS) is 12.0. The molecule has 0 aromatic heterocycles. The van der Waals surface area contributed by atoms with Crippen LogP contribution in [0.2, 0.25) is 5.02 Å². The van der Waals surface area contributed by atoms with E-state index in [9.17, 15) is 17.6 Å². The van der Waals surface area contributed by atoms with Crippen LogP contribution in [0.1, 0.15) is 26.3 Å². The van der Waals surface area contributed by atoms with Crippen molar-refractivity contribution >= 4 is 33.2 Å². The maximum atomic E-state index is 13.8. The number of halogens is 2. The summed E-state index contributed by atoms with van der Waals surface area (Å²) in [5.74, 6) is -1.08. The van der Waals surface area contributed by atoms with Crippen molar-refractivity contribution in [3.05, 3.63) is 58.9 Å². The van der Waals surface area contributed by atoms with Gasteiger partial charge >= 0.3 is 0 Å². The van der Waals surface area contributed by atoms with Gasteiger partial charge in [0.25, 0.3) is 0 Å². The molecule has 0 saturated carbocycles. The summed E-state index contributed by atoms with van der Waals surface area (Å²) in [7, 11) is -3.73. The topological polar surface area (TPSA) is 75.3 Å². The minimum atomic E-state index is -3.73. The molecule has 1 amide bonds. The van der Waals surface area contributed by atoms with Crippen molar-refractivity contribution in [1.29, 1.82) is 0 Å². The molecule has 2 aromatic carbocycles. The molecule has 140 valence electrons. The quantitative estimate of drug-likeness (QED) is 0.805. The van der Waals surface area contributed by atoms with Crippen LogP contribution >= 0.6 is 11.6 Å². The van der Waals surface area contributed by atoms with Gasteiger partial charge in [-0.3, -0.25) is 4.79 Å². The molecule has 0 bridgehead atoms. The number of sulfonamides is 1. The molecule has 8 heteroatoms. The third-order valence-corrected chi connectivity index (χ3v) is 5.38. The average Bonchev–Trinajstić information content (AvgIpc) is 2.49. The van der Waals surface area contributed by atoms with Crippen molar-refractivity contribution in [2.75, 3.05) is 5.32 Å². The number of amides is 1. The molecule has 2 aromatic rings. The number of anilines is 1. The van der Waals surface area contributed by atoms with Crippen molar-refractivity contribution < 1.29 is 17.6 Å². The highest BCUT2D eigenvalue weighted by atomic mass is 35.5. The van der Waals surface area contributed by atoms with E-state index in [1.807, 2.05) is 0 Å². The maximum Gasteiger partial charge on any atom is 0.241 e. The zero-order chi connectivity index (χ0) is 19.5. The molecule has 0 unspecified atom stereocenters. The fourth-order valence-corrected chi connectivity index (χ4v) is 3.96. The lowest BCUT2D eigenvalue weighted by molar-refractivity contribution is -0.115. The van der Waals surface area contributed by atoms with E-state index in [2.05, 4.69) is 10.0 Å². The molecule has 5 nitrogen and oxygen atoms in total. The van der Waals surface area contributed by atoms with Gasteiger partial charge in [0.2, 0.25) is 15.9 Å². The highest BCUT2D eigenvalue weighted by Gasteiger charge is 2.22. The highest BCUT2D eigenvalue weighted by Crippen LogP contribution is 2.21. The summed E-state index contributed by atoms with van der Waals surface area (Å²) in [6.45, 7) is 5.19. The molecular formula is C18H20ClFN2O3S. The summed E-state index contributed by atoms with van der Waals surface area (Å²) in [6, 6.07) is 10.0. The van der Waals surface area contributed by atoms with Gasteiger partial charge in [0.05, 0.1) is 11.3 Å². The van der Waals surface area contributed by atoms with Crippen LogP contribution in [0.25, 0.3) is 0 Å². The minimum Gasteiger partial charge on any atom is -0.326 e. The van der Waals surface area contributed by atoms with Gasteiger partial charge < -0.3 is 5.32 Å². The smallest absolute Gasteiger partial charge is 0.241 e. The van der Waals surface area contributed by atoms with E-state index in [1.54, 1.807) is 26.8 Å². The molecule has 26 heavy (non-hydrogen) atoms. The number of hydrogen-bond donors (Lipinski definition) is 2. The predicted octanol–water partition coefficient (Wildman–Crippen LogP) is 3.74. The lowest BCUT2D eigenvalue weighted by Gasteiger charge is -2.20. The first kappa shape index (κ1) is 20.4. The van der Waals surface area contributed by atoms with Crippen molar-refractivity contribution in [2.24, 2.45) is 0 Å². The Bertz CT molecular complexity index is 904. The molecule has 0 radical (unpaired) electrons. The summed E-state index contributed by atoms with van der Waals surface area (Å²) < 4.78 is 41.1. The summed E-state index contributed by atoms with van der Waals surface area (Å²) in [6.07, 6.45) is -0.261. The molecule has 0 aliphatic rings. The molecular weight excluding hydrogens is 379 g/mol. The highest BCUT2D eigenvalue weighted by molar-refractivity contribution is 7.89. The van der Waals surface area contributed by atoms with Gasteiger partial charge in [-0.1, -0.05) is 23.7 Å². The van der Waals surface area contributed by atoms with E-state index >= 15 is 0 Å². The second kappa shape index (κ2) is 7.73. The predicted molar refractivity (Wildman–Crippen MR) is 100 cm³/mol. The Balaban J connectivity index is 2.17. The second-order valence-corrected chi connectivity index (χ2v) is 8.90. The van der Waals surface area contributed by atoms with Crippen LogP contribution in [0, 0.1) is 5.82 Å². The van der Waals surface area contributed by atoms with Gasteiger partial charge in [0.1, 0.15) is 5.82 Å². The summed E-state index contributed by atoms with van der Waals surface area (Å²) in [5, 5.41) is 2.72. The van der Waals surface area contributed by atoms with Crippen molar-refractivity contribution in [3.63, 3.8) is 0 Å². The molecule has 0 fully saturated rings. The Kier molecular flexibility index (Phi) is 6.05. The number of hydrogen-bond acceptors (Lipinski definition) is 3. The molecule has 0 atom stereocenters. The fourth-order valence-electron chi connectivity index (χ4n) is 2.27. The third-order valence-electron chi connectivity index (χ3n) is 3.27. The zero-order valence-electron chi connectivity index (χ0n) is 14.6. The van der Waals surface area contributed by atoms with Crippen LogP contribution in [0.15, 0.2) is 47.4 Å². The molecule has 2 N–H and O–H groups in total. The van der Waals surface area contributed by atoms with E-state index < -0.39 is 27.3 Å². The fraction of sp³-hybridized carbons (Fsp3) is 0.278. The zero-order valence-corrected chi connectivity index (χ0v) is 16.2. The maximum absolute atomic E-state index is 13.8. The van der Waals surface area contributed by atoms with Crippen LogP contribution in [-0.2, 0) is 21.2 Å². The van der Waals surface area contributed by atoms with Crippen molar-refractivity contribution in [2.45, 2.75) is 37.6 Å². The van der Waals surface area contributed by atoms with Crippen molar-refractivity contribution in [1.82, 2.24) is 4.72 Å². The number of nitrogens with one attached hydrogen (secondary N) is 2. The van der Waals surface area contributed by atoms with Gasteiger partial charge in [0.15, 0.2) is 0 Å². The van der Waals surface area contributed by atoms with Crippen LogP contribution in [0.5, 0.6) is 0 Å². The minimum absolute atomic E-state index is 0.0224.